The van der Waals surface area contributed by atoms with E-state index >= 15 is 0 Å². The van der Waals surface area contributed by atoms with Crippen LogP contribution in [-0.2, 0) is 11.3 Å². The zero-order valence-electron chi connectivity index (χ0n) is 17.4. The van der Waals surface area contributed by atoms with Crippen LogP contribution in [0.2, 0.25) is 0 Å². The summed E-state index contributed by atoms with van der Waals surface area (Å²) in [5.74, 6) is -0.285. The van der Waals surface area contributed by atoms with Crippen molar-refractivity contribution in [3.05, 3.63) is 81.5 Å². The molecule has 7 heteroatoms. The number of amides is 1. The quantitative estimate of drug-likeness (QED) is 0.568. The van der Waals surface area contributed by atoms with Crippen LogP contribution < -0.4 is 10.9 Å². The molecule has 0 aliphatic carbocycles. The largest absolute Gasteiger partial charge is 0.324 e. The number of aryl methyl sites for hydroxylation is 3. The number of aromatic nitrogens is 4. The first-order chi connectivity index (χ1) is 14.3. The van der Waals surface area contributed by atoms with Crippen LogP contribution in [0.1, 0.15) is 22.3 Å². The van der Waals surface area contributed by atoms with Gasteiger partial charge in [-0.25, -0.2) is 9.67 Å². The highest BCUT2D eigenvalue weighted by atomic mass is 16.2. The number of carbonyl (C=O) groups excluding carboxylic acids is 1. The Bertz CT molecular complexity index is 1330. The third kappa shape index (κ3) is 3.50. The number of nitrogens with one attached hydrogen (secondary N) is 1. The van der Waals surface area contributed by atoms with E-state index in [4.69, 9.17) is 0 Å². The Balaban J connectivity index is 1.64. The van der Waals surface area contributed by atoms with E-state index in [9.17, 15) is 9.59 Å². The van der Waals surface area contributed by atoms with E-state index in [1.54, 1.807) is 4.68 Å². The van der Waals surface area contributed by atoms with Gasteiger partial charge in [-0.15, -0.1) is 0 Å². The second-order valence-electron chi connectivity index (χ2n) is 7.56. The molecule has 1 amide bonds. The molecular formula is C23H23N5O2. The molecule has 0 atom stereocenters. The number of nitrogens with zero attached hydrogens (tertiary/aromatic N) is 4. The Labute approximate surface area is 174 Å². The highest BCUT2D eigenvalue weighted by molar-refractivity contribution is 5.91. The first kappa shape index (κ1) is 19.6. The van der Waals surface area contributed by atoms with Crippen LogP contribution in [0.3, 0.4) is 0 Å². The summed E-state index contributed by atoms with van der Waals surface area (Å²) in [6, 6.07) is 11.7. The number of rotatable bonds is 4. The zero-order chi connectivity index (χ0) is 21.4. The Hall–Kier alpha value is -3.74. The van der Waals surface area contributed by atoms with Crippen molar-refractivity contribution in [3.63, 3.8) is 0 Å². The van der Waals surface area contributed by atoms with Crippen LogP contribution in [0.4, 0.5) is 5.69 Å². The Kier molecular flexibility index (Phi) is 4.95. The average Bonchev–Trinajstić information content (AvgIpc) is 3.13. The summed E-state index contributed by atoms with van der Waals surface area (Å²) < 4.78 is 2.97. The van der Waals surface area contributed by atoms with Crippen molar-refractivity contribution in [2.45, 2.75) is 34.2 Å². The Morgan fingerprint density at radius 3 is 2.63 bits per heavy atom. The molecule has 0 aliphatic rings. The minimum Gasteiger partial charge on any atom is -0.324 e. The van der Waals surface area contributed by atoms with Crippen LogP contribution in [-0.4, -0.2) is 25.2 Å². The molecule has 2 heterocycles. The predicted octanol–water partition coefficient (Wildman–Crippen LogP) is 3.45. The third-order valence-corrected chi connectivity index (χ3v) is 5.33. The molecule has 2 aromatic heterocycles. The lowest BCUT2D eigenvalue weighted by molar-refractivity contribution is -0.116. The fourth-order valence-corrected chi connectivity index (χ4v) is 3.50. The van der Waals surface area contributed by atoms with Crippen molar-refractivity contribution in [2.24, 2.45) is 0 Å². The molecule has 7 nitrogen and oxygen atoms in total. The average molecular weight is 401 g/mol. The summed E-state index contributed by atoms with van der Waals surface area (Å²) in [5.41, 5.74) is 6.08. The van der Waals surface area contributed by atoms with E-state index in [0.717, 1.165) is 33.6 Å². The molecule has 0 saturated carbocycles. The first-order valence-electron chi connectivity index (χ1n) is 9.72. The zero-order valence-corrected chi connectivity index (χ0v) is 17.4. The highest BCUT2D eigenvalue weighted by Gasteiger charge is 2.15. The minimum atomic E-state index is -0.299. The van der Waals surface area contributed by atoms with Crippen LogP contribution in [0.15, 0.2) is 53.7 Å². The van der Waals surface area contributed by atoms with E-state index in [2.05, 4.69) is 15.4 Å². The van der Waals surface area contributed by atoms with Crippen LogP contribution >= 0.6 is 0 Å². The van der Waals surface area contributed by atoms with Gasteiger partial charge < -0.3 is 5.32 Å². The van der Waals surface area contributed by atoms with Gasteiger partial charge in [0.05, 0.1) is 11.9 Å². The van der Waals surface area contributed by atoms with Gasteiger partial charge in [0.15, 0.2) is 5.65 Å². The fraction of sp³-hybridized carbons (Fsp3) is 0.217. The van der Waals surface area contributed by atoms with Gasteiger partial charge >= 0.3 is 0 Å². The predicted molar refractivity (Wildman–Crippen MR) is 117 cm³/mol. The number of benzene rings is 2. The summed E-state index contributed by atoms with van der Waals surface area (Å²) in [6.45, 7) is 7.85. The number of anilines is 1. The van der Waals surface area contributed by atoms with Crippen LogP contribution in [0.5, 0.6) is 0 Å². The van der Waals surface area contributed by atoms with E-state index < -0.39 is 0 Å². The van der Waals surface area contributed by atoms with Crippen molar-refractivity contribution in [2.75, 3.05) is 5.32 Å². The summed E-state index contributed by atoms with van der Waals surface area (Å²) in [6.07, 6.45) is 2.90. The molecule has 0 unspecified atom stereocenters. The van der Waals surface area contributed by atoms with Crippen LogP contribution in [0, 0.1) is 27.7 Å². The summed E-state index contributed by atoms with van der Waals surface area (Å²) >= 11 is 0. The molecule has 4 rings (SSSR count). The van der Waals surface area contributed by atoms with E-state index in [1.807, 2.05) is 64.1 Å². The normalized spacial score (nSPS) is 11.1. The molecule has 2 aromatic carbocycles. The molecule has 30 heavy (non-hydrogen) atoms. The maximum atomic E-state index is 12.9. The third-order valence-electron chi connectivity index (χ3n) is 5.33. The molecule has 152 valence electrons. The second kappa shape index (κ2) is 7.59. The molecule has 1 N–H and O–H groups in total. The maximum Gasteiger partial charge on any atom is 0.264 e. The van der Waals surface area contributed by atoms with Crippen LogP contribution in [0.25, 0.3) is 16.7 Å². The van der Waals surface area contributed by atoms with Gasteiger partial charge in [0.25, 0.3) is 5.56 Å². The first-order valence-corrected chi connectivity index (χ1v) is 9.72. The number of hydrogen-bond acceptors (Lipinski definition) is 4. The smallest absolute Gasteiger partial charge is 0.264 e. The van der Waals surface area contributed by atoms with Crippen molar-refractivity contribution >= 4 is 22.6 Å². The Morgan fingerprint density at radius 2 is 1.87 bits per heavy atom. The lowest BCUT2D eigenvalue weighted by atomic mass is 10.1. The molecule has 0 saturated heterocycles. The molecular weight excluding hydrogens is 378 g/mol. The summed E-state index contributed by atoms with van der Waals surface area (Å²) in [4.78, 5) is 29.8. The van der Waals surface area contributed by atoms with Crippen molar-refractivity contribution < 1.29 is 4.79 Å². The van der Waals surface area contributed by atoms with E-state index in [0.29, 0.717) is 11.0 Å². The second-order valence-corrected chi connectivity index (χ2v) is 7.56. The Morgan fingerprint density at radius 1 is 1.07 bits per heavy atom. The topological polar surface area (TPSA) is 81.8 Å². The fourth-order valence-electron chi connectivity index (χ4n) is 3.50. The molecule has 0 fully saturated rings. The summed E-state index contributed by atoms with van der Waals surface area (Å²) in [7, 11) is 0. The van der Waals surface area contributed by atoms with Gasteiger partial charge in [-0.05, 0) is 56.5 Å². The number of hydrogen-bond donors (Lipinski definition) is 1. The molecule has 0 radical (unpaired) electrons. The lowest BCUT2D eigenvalue weighted by Crippen LogP contribution is -2.28. The lowest BCUT2D eigenvalue weighted by Gasteiger charge is -2.11. The molecule has 4 aromatic rings. The monoisotopic (exact) mass is 401 g/mol. The molecule has 0 aliphatic heterocycles. The molecule has 0 spiro atoms. The van der Waals surface area contributed by atoms with Crippen molar-refractivity contribution in [1.29, 1.82) is 0 Å². The SMILES string of the molecule is Cc1ccc(NC(=O)Cn2cnc3c(cnn3-c3cccc(C)c3C)c2=O)c(C)c1. The van der Waals surface area contributed by atoms with Gasteiger partial charge in [0, 0.05) is 5.69 Å². The minimum absolute atomic E-state index is 0.121. The van der Waals surface area contributed by atoms with Gasteiger partial charge in [0.1, 0.15) is 18.3 Å². The van der Waals surface area contributed by atoms with Gasteiger partial charge in [-0.1, -0.05) is 29.8 Å². The van der Waals surface area contributed by atoms with Gasteiger partial charge in [0.2, 0.25) is 5.91 Å². The summed E-state index contributed by atoms with van der Waals surface area (Å²) in [5, 5.41) is 7.61. The number of carbonyl (C=O) groups is 1. The van der Waals surface area contributed by atoms with E-state index in [-0.39, 0.29) is 18.0 Å². The van der Waals surface area contributed by atoms with E-state index in [1.165, 1.54) is 17.1 Å². The standard InChI is InChI=1S/C23H23N5O2/c1-14-8-9-19(16(3)10-14)26-21(29)12-27-13-24-22-18(23(27)30)11-25-28(22)20-7-5-6-15(2)17(20)4/h5-11,13H,12H2,1-4H3,(H,26,29). The maximum absolute atomic E-state index is 12.9. The highest BCUT2D eigenvalue weighted by Crippen LogP contribution is 2.20. The molecule has 0 bridgehead atoms. The number of fused-ring (bicyclic) bond motifs is 1. The van der Waals surface area contributed by atoms with Crippen molar-refractivity contribution in [3.8, 4) is 5.69 Å². The van der Waals surface area contributed by atoms with Crippen molar-refractivity contribution in [1.82, 2.24) is 19.3 Å². The van der Waals surface area contributed by atoms with Gasteiger partial charge in [-0.2, -0.15) is 5.10 Å². The van der Waals surface area contributed by atoms with Gasteiger partial charge in [-0.3, -0.25) is 14.2 Å².